The van der Waals surface area contributed by atoms with Crippen LogP contribution in [-0.2, 0) is 27.9 Å². The molecule has 1 amide bonds. The number of nitrogens with zero attached hydrogens (tertiary/aromatic N) is 1. The van der Waals surface area contributed by atoms with Gasteiger partial charge in [-0.15, -0.1) is 0 Å². The van der Waals surface area contributed by atoms with Crippen LogP contribution in [0.15, 0.2) is 53.4 Å². The molecular formula is C21H27N3O4S. The quantitative estimate of drug-likeness (QED) is 0.576. The first-order chi connectivity index (χ1) is 13.7. The number of rotatable bonds is 10. The fourth-order valence-electron chi connectivity index (χ4n) is 2.76. The summed E-state index contributed by atoms with van der Waals surface area (Å²) in [5.74, 6) is -0.370. The van der Waals surface area contributed by atoms with Gasteiger partial charge in [-0.05, 0) is 44.3 Å². The third-order valence-electron chi connectivity index (χ3n) is 4.30. The number of carbonyl (C=O) groups excluding carboxylic acids is 2. The Hall–Kier alpha value is -2.55. The van der Waals surface area contributed by atoms with Crippen LogP contribution in [0, 0.1) is 0 Å². The minimum atomic E-state index is -3.73. The van der Waals surface area contributed by atoms with Crippen molar-refractivity contribution in [2.75, 3.05) is 20.6 Å². The molecule has 0 aliphatic rings. The standard InChI is InChI=1S/C21H27N3O4S/c1-16(25)17-8-10-20(11-9-17)29(27,28)23-13-12-21(26)22-14-18-6-4-5-7-19(18)15-24(2)3/h4-11,23H,12-15H2,1-3H3,(H,22,26). The maximum Gasteiger partial charge on any atom is 0.240 e. The number of amides is 1. The van der Waals surface area contributed by atoms with E-state index in [9.17, 15) is 18.0 Å². The molecule has 156 valence electrons. The van der Waals surface area contributed by atoms with Gasteiger partial charge < -0.3 is 10.2 Å². The molecule has 0 unspecified atom stereocenters. The number of carbonyl (C=O) groups is 2. The SMILES string of the molecule is CC(=O)c1ccc(S(=O)(=O)NCCC(=O)NCc2ccccc2CN(C)C)cc1. The van der Waals surface area contributed by atoms with Crippen molar-refractivity contribution in [1.29, 1.82) is 0 Å². The molecule has 2 rings (SSSR count). The topological polar surface area (TPSA) is 95.6 Å². The molecule has 0 bridgehead atoms. The Bertz CT molecular complexity index is 954. The van der Waals surface area contributed by atoms with Crippen LogP contribution in [0.1, 0.15) is 34.8 Å². The average molecular weight is 418 g/mol. The second-order valence-corrected chi connectivity index (χ2v) is 8.78. The first-order valence-electron chi connectivity index (χ1n) is 9.28. The number of benzene rings is 2. The van der Waals surface area contributed by atoms with Crippen LogP contribution in [0.3, 0.4) is 0 Å². The summed E-state index contributed by atoms with van der Waals surface area (Å²) < 4.78 is 27.0. The molecule has 0 aromatic heterocycles. The van der Waals surface area contributed by atoms with E-state index >= 15 is 0 Å². The molecular weight excluding hydrogens is 390 g/mol. The molecule has 29 heavy (non-hydrogen) atoms. The van der Waals surface area contributed by atoms with E-state index in [0.717, 1.165) is 17.7 Å². The summed E-state index contributed by atoms with van der Waals surface area (Å²) in [6.45, 7) is 2.57. The van der Waals surface area contributed by atoms with Crippen molar-refractivity contribution < 1.29 is 18.0 Å². The third-order valence-corrected chi connectivity index (χ3v) is 5.77. The van der Waals surface area contributed by atoms with Gasteiger partial charge in [0.2, 0.25) is 15.9 Å². The summed E-state index contributed by atoms with van der Waals surface area (Å²) >= 11 is 0. The zero-order chi connectivity index (χ0) is 21.4. The Morgan fingerprint density at radius 3 is 2.17 bits per heavy atom. The minimum absolute atomic E-state index is 0.0119. The molecule has 0 atom stereocenters. The van der Waals surface area contributed by atoms with Crippen LogP contribution >= 0.6 is 0 Å². The second-order valence-electron chi connectivity index (χ2n) is 7.01. The normalized spacial score (nSPS) is 11.4. The van der Waals surface area contributed by atoms with Gasteiger partial charge in [-0.2, -0.15) is 0 Å². The molecule has 0 fully saturated rings. The molecule has 2 aromatic carbocycles. The van der Waals surface area contributed by atoms with E-state index in [-0.39, 0.29) is 29.6 Å². The molecule has 0 spiro atoms. The highest BCUT2D eigenvalue weighted by molar-refractivity contribution is 7.89. The highest BCUT2D eigenvalue weighted by Gasteiger charge is 2.15. The lowest BCUT2D eigenvalue weighted by Crippen LogP contribution is -2.30. The van der Waals surface area contributed by atoms with Gasteiger partial charge in [0.15, 0.2) is 5.78 Å². The van der Waals surface area contributed by atoms with Gasteiger partial charge in [-0.3, -0.25) is 9.59 Å². The molecule has 0 aliphatic heterocycles. The van der Waals surface area contributed by atoms with E-state index in [2.05, 4.69) is 14.9 Å². The van der Waals surface area contributed by atoms with E-state index in [1.807, 2.05) is 38.4 Å². The summed E-state index contributed by atoms with van der Waals surface area (Å²) in [6.07, 6.45) is 0.0284. The zero-order valence-corrected chi connectivity index (χ0v) is 17.8. The molecule has 2 aromatic rings. The molecule has 0 heterocycles. The van der Waals surface area contributed by atoms with Gasteiger partial charge in [0.1, 0.15) is 0 Å². The fourth-order valence-corrected chi connectivity index (χ4v) is 3.79. The summed E-state index contributed by atoms with van der Waals surface area (Å²) in [7, 11) is 0.230. The van der Waals surface area contributed by atoms with Crippen LogP contribution in [0.25, 0.3) is 0 Å². The Balaban J connectivity index is 1.84. The number of ketones is 1. The second kappa shape index (κ2) is 10.3. The summed E-state index contributed by atoms with van der Waals surface area (Å²) in [6, 6.07) is 13.6. The number of nitrogens with one attached hydrogen (secondary N) is 2. The zero-order valence-electron chi connectivity index (χ0n) is 16.9. The number of hydrogen-bond donors (Lipinski definition) is 2. The van der Waals surface area contributed by atoms with Crippen molar-refractivity contribution in [3.63, 3.8) is 0 Å². The van der Waals surface area contributed by atoms with Gasteiger partial charge in [-0.1, -0.05) is 36.4 Å². The smallest absolute Gasteiger partial charge is 0.240 e. The first-order valence-corrected chi connectivity index (χ1v) is 10.8. The number of Topliss-reactive ketones (excluding diaryl/α,β-unsaturated/α-hetero) is 1. The van der Waals surface area contributed by atoms with Crippen molar-refractivity contribution in [2.24, 2.45) is 0 Å². The van der Waals surface area contributed by atoms with Gasteiger partial charge in [0.25, 0.3) is 0 Å². The first kappa shape index (κ1) is 22.7. The highest BCUT2D eigenvalue weighted by atomic mass is 32.2. The lowest BCUT2D eigenvalue weighted by atomic mass is 10.1. The van der Waals surface area contributed by atoms with Crippen molar-refractivity contribution in [3.8, 4) is 0 Å². The Kier molecular flexibility index (Phi) is 8.07. The van der Waals surface area contributed by atoms with E-state index in [4.69, 9.17) is 0 Å². The molecule has 0 saturated heterocycles. The molecule has 8 heteroatoms. The van der Waals surface area contributed by atoms with Crippen LogP contribution in [0.2, 0.25) is 0 Å². The fraction of sp³-hybridized carbons (Fsp3) is 0.333. The highest BCUT2D eigenvalue weighted by Crippen LogP contribution is 2.12. The van der Waals surface area contributed by atoms with Crippen LogP contribution in [0.4, 0.5) is 0 Å². The predicted molar refractivity (Wildman–Crippen MR) is 112 cm³/mol. The number of sulfonamides is 1. The maximum absolute atomic E-state index is 12.3. The summed E-state index contributed by atoms with van der Waals surface area (Å²) in [5, 5.41) is 2.83. The monoisotopic (exact) mass is 417 g/mol. The molecule has 0 radical (unpaired) electrons. The van der Waals surface area contributed by atoms with Gasteiger partial charge >= 0.3 is 0 Å². The largest absolute Gasteiger partial charge is 0.352 e. The van der Waals surface area contributed by atoms with Gasteiger partial charge in [-0.25, -0.2) is 13.1 Å². The lowest BCUT2D eigenvalue weighted by Gasteiger charge is -2.14. The van der Waals surface area contributed by atoms with Crippen LogP contribution < -0.4 is 10.0 Å². The Labute approximate surface area is 172 Å². The minimum Gasteiger partial charge on any atom is -0.352 e. The lowest BCUT2D eigenvalue weighted by molar-refractivity contribution is -0.121. The van der Waals surface area contributed by atoms with Crippen molar-refractivity contribution in [3.05, 3.63) is 65.2 Å². The summed E-state index contributed by atoms with van der Waals surface area (Å²) in [5.41, 5.74) is 2.60. The average Bonchev–Trinajstić information content (AvgIpc) is 2.67. The molecule has 7 nitrogen and oxygen atoms in total. The van der Waals surface area contributed by atoms with Crippen LogP contribution in [0.5, 0.6) is 0 Å². The predicted octanol–water partition coefficient (Wildman–Crippen LogP) is 1.94. The molecule has 0 aliphatic carbocycles. The Morgan fingerprint density at radius 2 is 1.59 bits per heavy atom. The van der Waals surface area contributed by atoms with Gasteiger partial charge in [0.05, 0.1) is 4.90 Å². The van der Waals surface area contributed by atoms with E-state index in [1.165, 1.54) is 31.2 Å². The van der Waals surface area contributed by atoms with E-state index in [0.29, 0.717) is 12.1 Å². The Morgan fingerprint density at radius 1 is 0.966 bits per heavy atom. The van der Waals surface area contributed by atoms with Crippen molar-refractivity contribution in [1.82, 2.24) is 14.9 Å². The third kappa shape index (κ3) is 7.08. The number of hydrogen-bond acceptors (Lipinski definition) is 5. The molecule has 2 N–H and O–H groups in total. The van der Waals surface area contributed by atoms with Crippen molar-refractivity contribution in [2.45, 2.75) is 31.3 Å². The van der Waals surface area contributed by atoms with Gasteiger partial charge in [0, 0.05) is 31.6 Å². The molecule has 0 saturated carbocycles. The summed E-state index contributed by atoms with van der Waals surface area (Å²) in [4.78, 5) is 25.5. The van der Waals surface area contributed by atoms with E-state index in [1.54, 1.807) is 0 Å². The van der Waals surface area contributed by atoms with E-state index < -0.39 is 10.0 Å². The maximum atomic E-state index is 12.3. The van der Waals surface area contributed by atoms with Crippen molar-refractivity contribution >= 4 is 21.7 Å². The van der Waals surface area contributed by atoms with Crippen LogP contribution in [-0.4, -0.2) is 45.6 Å².